The second-order valence-corrected chi connectivity index (χ2v) is 8.30. The van der Waals surface area contributed by atoms with Gasteiger partial charge in [-0.2, -0.15) is 0 Å². The highest BCUT2D eigenvalue weighted by molar-refractivity contribution is 5.94. The molecule has 6 heteroatoms. The van der Waals surface area contributed by atoms with E-state index >= 15 is 0 Å². The molecule has 1 saturated carbocycles. The Morgan fingerprint density at radius 2 is 1.81 bits per heavy atom. The van der Waals surface area contributed by atoms with Crippen molar-refractivity contribution in [1.29, 1.82) is 0 Å². The van der Waals surface area contributed by atoms with Crippen LogP contribution in [0.4, 0.5) is 5.95 Å². The zero-order valence-electron chi connectivity index (χ0n) is 17.9. The minimum atomic E-state index is -0.328. The topological polar surface area (TPSA) is 65.4 Å². The van der Waals surface area contributed by atoms with Crippen molar-refractivity contribution in [1.82, 2.24) is 9.55 Å². The van der Waals surface area contributed by atoms with E-state index in [1.165, 1.54) is 6.42 Å². The van der Waals surface area contributed by atoms with Gasteiger partial charge < -0.3 is 14.8 Å². The summed E-state index contributed by atoms with van der Waals surface area (Å²) in [7, 11) is 1.65. The van der Waals surface area contributed by atoms with Crippen LogP contribution in [-0.2, 0) is 9.53 Å². The summed E-state index contributed by atoms with van der Waals surface area (Å²) < 4.78 is 13.4. The lowest BCUT2D eigenvalue weighted by atomic mass is 9.94. The highest BCUT2D eigenvalue weighted by Gasteiger charge is 2.36. The Hall–Kier alpha value is -3.28. The molecule has 0 bridgehead atoms. The Morgan fingerprint density at radius 1 is 1.06 bits per heavy atom. The van der Waals surface area contributed by atoms with Gasteiger partial charge in [-0.15, -0.1) is 0 Å². The molecule has 0 amide bonds. The number of para-hydroxylation sites is 2. The summed E-state index contributed by atoms with van der Waals surface area (Å²) >= 11 is 0. The maximum atomic E-state index is 13.5. The van der Waals surface area contributed by atoms with Crippen molar-refractivity contribution >= 4 is 23.0 Å². The molecule has 160 valence electrons. The second-order valence-electron chi connectivity index (χ2n) is 8.30. The highest BCUT2D eigenvalue weighted by Crippen LogP contribution is 2.40. The van der Waals surface area contributed by atoms with Crippen molar-refractivity contribution in [3.05, 3.63) is 65.4 Å². The number of ether oxygens (including phenoxy) is 2. The van der Waals surface area contributed by atoms with E-state index in [9.17, 15) is 4.79 Å². The Morgan fingerprint density at radius 3 is 2.55 bits per heavy atom. The van der Waals surface area contributed by atoms with Gasteiger partial charge in [0, 0.05) is 5.70 Å². The summed E-state index contributed by atoms with van der Waals surface area (Å²) in [5, 5.41) is 3.35. The molecule has 1 fully saturated rings. The summed E-state index contributed by atoms with van der Waals surface area (Å²) in [5.41, 5.74) is 4.26. The van der Waals surface area contributed by atoms with E-state index < -0.39 is 0 Å². The number of benzene rings is 2. The van der Waals surface area contributed by atoms with E-state index in [-0.39, 0.29) is 18.1 Å². The zero-order valence-corrected chi connectivity index (χ0v) is 17.9. The Bertz CT molecular complexity index is 1140. The second kappa shape index (κ2) is 8.10. The number of allylic oxidation sites excluding steroid dienone is 1. The molecule has 1 aliphatic carbocycles. The lowest BCUT2D eigenvalue weighted by Crippen LogP contribution is -2.31. The summed E-state index contributed by atoms with van der Waals surface area (Å²) in [5.74, 6) is 1.26. The number of hydrogen-bond donors (Lipinski definition) is 1. The predicted octanol–water partition coefficient (Wildman–Crippen LogP) is 5.21. The summed E-state index contributed by atoms with van der Waals surface area (Å²) in [4.78, 5) is 18.2. The quantitative estimate of drug-likeness (QED) is 0.591. The van der Waals surface area contributed by atoms with E-state index in [2.05, 4.69) is 9.88 Å². The average molecular weight is 418 g/mol. The van der Waals surface area contributed by atoms with E-state index in [1.807, 2.05) is 55.5 Å². The molecular formula is C25H27N3O3. The fraction of sp³-hybridized carbons (Fsp3) is 0.360. The SMILES string of the molecule is COc1ccc([C@@H]2C(C(=O)OC3CCCCC3)=C(C)Nc3nc4ccccc4n32)cc1. The fourth-order valence-corrected chi connectivity index (χ4v) is 4.73. The number of hydrogen-bond acceptors (Lipinski definition) is 5. The van der Waals surface area contributed by atoms with E-state index in [0.717, 1.165) is 59.7 Å². The molecular weight excluding hydrogens is 390 g/mol. The average Bonchev–Trinajstić information content (AvgIpc) is 3.16. The number of anilines is 1. The van der Waals surface area contributed by atoms with Crippen LogP contribution in [0.15, 0.2) is 59.8 Å². The van der Waals surface area contributed by atoms with Crippen LogP contribution in [0.1, 0.15) is 50.6 Å². The Kier molecular flexibility index (Phi) is 5.14. The maximum Gasteiger partial charge on any atom is 0.338 e. The number of methoxy groups -OCH3 is 1. The largest absolute Gasteiger partial charge is 0.497 e. The molecule has 1 atom stereocenters. The molecule has 0 radical (unpaired) electrons. The molecule has 31 heavy (non-hydrogen) atoms. The van der Waals surface area contributed by atoms with Crippen molar-refractivity contribution in [2.75, 3.05) is 12.4 Å². The molecule has 1 aliphatic heterocycles. The van der Waals surface area contributed by atoms with Crippen LogP contribution in [0, 0.1) is 0 Å². The number of imidazole rings is 1. The zero-order chi connectivity index (χ0) is 21.4. The van der Waals surface area contributed by atoms with Gasteiger partial charge in [0.2, 0.25) is 5.95 Å². The number of carbonyl (C=O) groups excluding carboxylic acids is 1. The van der Waals surface area contributed by atoms with Gasteiger partial charge in [0.25, 0.3) is 0 Å². The molecule has 6 nitrogen and oxygen atoms in total. The van der Waals surface area contributed by atoms with E-state index in [4.69, 9.17) is 14.5 Å². The monoisotopic (exact) mass is 417 g/mol. The third-order valence-electron chi connectivity index (χ3n) is 6.31. The summed E-state index contributed by atoms with van der Waals surface area (Å²) in [6, 6.07) is 15.5. The lowest BCUT2D eigenvalue weighted by molar-refractivity contribution is -0.146. The van der Waals surface area contributed by atoms with Crippen LogP contribution >= 0.6 is 0 Å². The van der Waals surface area contributed by atoms with Crippen LogP contribution in [-0.4, -0.2) is 28.7 Å². The van der Waals surface area contributed by atoms with Gasteiger partial charge in [0.05, 0.1) is 29.8 Å². The van der Waals surface area contributed by atoms with Gasteiger partial charge in [0.15, 0.2) is 0 Å². The highest BCUT2D eigenvalue weighted by atomic mass is 16.5. The van der Waals surface area contributed by atoms with Crippen molar-refractivity contribution in [3.8, 4) is 5.75 Å². The van der Waals surface area contributed by atoms with Crippen LogP contribution in [0.25, 0.3) is 11.0 Å². The standard InChI is InChI=1S/C25H27N3O3/c1-16-22(24(29)31-19-8-4-3-5-9-19)23(17-12-14-18(30-2)15-13-17)28-21-11-7-6-10-20(21)27-25(28)26-16/h6-7,10-15,19,23H,3-5,8-9H2,1-2H3,(H,26,27)/t23-/m1/s1. The van der Waals surface area contributed by atoms with Crippen LogP contribution < -0.4 is 10.1 Å². The van der Waals surface area contributed by atoms with E-state index in [1.54, 1.807) is 7.11 Å². The normalized spacial score (nSPS) is 19.1. The van der Waals surface area contributed by atoms with Crippen LogP contribution in [0.3, 0.4) is 0 Å². The Balaban J connectivity index is 1.61. The van der Waals surface area contributed by atoms with Crippen molar-refractivity contribution in [2.45, 2.75) is 51.2 Å². The molecule has 2 aliphatic rings. The number of fused-ring (bicyclic) bond motifs is 3. The first-order valence-corrected chi connectivity index (χ1v) is 11.0. The molecule has 1 aromatic heterocycles. The third-order valence-corrected chi connectivity index (χ3v) is 6.31. The van der Waals surface area contributed by atoms with Crippen molar-refractivity contribution in [3.63, 3.8) is 0 Å². The molecule has 2 aromatic carbocycles. The molecule has 0 saturated heterocycles. The number of esters is 1. The smallest absolute Gasteiger partial charge is 0.338 e. The minimum absolute atomic E-state index is 0.000930. The van der Waals surface area contributed by atoms with Crippen LogP contribution in [0.5, 0.6) is 5.75 Å². The van der Waals surface area contributed by atoms with E-state index in [0.29, 0.717) is 5.57 Å². The Labute approximate surface area is 181 Å². The van der Waals surface area contributed by atoms with Gasteiger partial charge >= 0.3 is 5.97 Å². The first kappa shape index (κ1) is 19.7. The molecule has 0 spiro atoms. The summed E-state index contributed by atoms with van der Waals surface area (Å²) in [6.45, 7) is 1.93. The number of carbonyl (C=O) groups is 1. The van der Waals surface area contributed by atoms with Crippen LogP contribution in [0.2, 0.25) is 0 Å². The van der Waals surface area contributed by atoms with Gasteiger partial charge in [-0.3, -0.25) is 4.57 Å². The fourth-order valence-electron chi connectivity index (χ4n) is 4.73. The molecule has 5 rings (SSSR count). The first-order valence-electron chi connectivity index (χ1n) is 11.0. The van der Waals surface area contributed by atoms with Gasteiger partial charge in [-0.25, -0.2) is 9.78 Å². The number of nitrogens with one attached hydrogen (secondary N) is 1. The number of nitrogens with zero attached hydrogens (tertiary/aromatic N) is 2. The maximum absolute atomic E-state index is 13.5. The predicted molar refractivity (Wildman–Crippen MR) is 120 cm³/mol. The lowest BCUT2D eigenvalue weighted by Gasteiger charge is -2.31. The van der Waals surface area contributed by atoms with Crippen molar-refractivity contribution in [2.24, 2.45) is 0 Å². The van der Waals surface area contributed by atoms with Gasteiger partial charge in [-0.1, -0.05) is 30.7 Å². The van der Waals surface area contributed by atoms with Gasteiger partial charge in [0.1, 0.15) is 11.9 Å². The van der Waals surface area contributed by atoms with Gasteiger partial charge in [-0.05, 0) is 62.4 Å². The number of rotatable bonds is 4. The molecule has 1 N–H and O–H groups in total. The minimum Gasteiger partial charge on any atom is -0.497 e. The molecule has 3 aromatic rings. The summed E-state index contributed by atoms with van der Waals surface area (Å²) in [6.07, 6.45) is 5.34. The molecule has 2 heterocycles. The molecule has 0 unspecified atom stereocenters. The number of aromatic nitrogens is 2. The first-order chi connectivity index (χ1) is 15.2. The van der Waals surface area contributed by atoms with Crippen molar-refractivity contribution < 1.29 is 14.3 Å². The third kappa shape index (κ3) is 3.56.